The Morgan fingerprint density at radius 1 is 1.44 bits per heavy atom. The molecule has 0 aromatic heterocycles. The number of halogens is 1. The quantitative estimate of drug-likeness (QED) is 0.826. The van der Waals surface area contributed by atoms with Gasteiger partial charge in [0.2, 0.25) is 0 Å². The highest BCUT2D eigenvalue weighted by Crippen LogP contribution is 2.22. The van der Waals surface area contributed by atoms with Crippen LogP contribution in [-0.2, 0) is 9.59 Å². The number of para-hydroxylation sites is 1. The van der Waals surface area contributed by atoms with Crippen molar-refractivity contribution >= 4 is 23.5 Å². The zero-order valence-electron chi connectivity index (χ0n) is 9.85. The van der Waals surface area contributed by atoms with E-state index in [0.29, 0.717) is 17.2 Å². The number of rotatable bonds is 6. The molecule has 2 N–H and O–H groups in total. The minimum absolute atomic E-state index is 0.270. The summed E-state index contributed by atoms with van der Waals surface area (Å²) in [6, 6.07) is 5.84. The lowest BCUT2D eigenvalue weighted by atomic mass is 10.2. The molecule has 0 saturated heterocycles. The first-order valence-electron chi connectivity index (χ1n) is 5.44. The normalized spacial score (nSPS) is 11.7. The van der Waals surface area contributed by atoms with Crippen LogP contribution in [0.4, 0.5) is 0 Å². The second-order valence-corrected chi connectivity index (χ2v) is 3.99. The Balaban J connectivity index is 2.47. The van der Waals surface area contributed by atoms with Gasteiger partial charge in [0.15, 0.2) is 6.61 Å². The van der Waals surface area contributed by atoms with Crippen LogP contribution in [-0.4, -0.2) is 29.6 Å². The van der Waals surface area contributed by atoms with Crippen LogP contribution in [0.3, 0.4) is 0 Å². The Bertz CT molecular complexity index is 436. The van der Waals surface area contributed by atoms with Crippen LogP contribution in [0.1, 0.15) is 13.3 Å². The van der Waals surface area contributed by atoms with E-state index in [0.717, 1.165) is 0 Å². The number of amides is 1. The molecule has 0 heterocycles. The first-order chi connectivity index (χ1) is 8.54. The smallest absolute Gasteiger partial charge is 0.326 e. The second kappa shape index (κ2) is 6.86. The zero-order valence-corrected chi connectivity index (χ0v) is 10.6. The summed E-state index contributed by atoms with van der Waals surface area (Å²) in [5, 5.41) is 11.5. The number of carboxylic acids is 1. The fraction of sp³-hybridized carbons (Fsp3) is 0.333. The van der Waals surface area contributed by atoms with Gasteiger partial charge in [-0.05, 0) is 18.6 Å². The number of hydrogen-bond donors (Lipinski definition) is 2. The van der Waals surface area contributed by atoms with Crippen LogP contribution in [0.5, 0.6) is 5.75 Å². The average Bonchev–Trinajstić information content (AvgIpc) is 2.34. The van der Waals surface area contributed by atoms with Crippen LogP contribution in [0.2, 0.25) is 5.02 Å². The van der Waals surface area contributed by atoms with Crippen LogP contribution in [0.25, 0.3) is 0 Å². The lowest BCUT2D eigenvalue weighted by Gasteiger charge is -2.13. The van der Waals surface area contributed by atoms with Crippen molar-refractivity contribution in [2.75, 3.05) is 6.61 Å². The van der Waals surface area contributed by atoms with E-state index in [1.54, 1.807) is 31.2 Å². The predicted octanol–water partition coefficient (Wildman–Crippen LogP) is 1.70. The Hall–Kier alpha value is -1.75. The van der Waals surface area contributed by atoms with E-state index >= 15 is 0 Å². The molecule has 1 rings (SSSR count). The average molecular weight is 272 g/mol. The SMILES string of the molecule is CC[C@@H](NC(=O)COc1ccccc1Cl)C(=O)O. The van der Waals surface area contributed by atoms with E-state index in [1.165, 1.54) is 0 Å². The molecule has 98 valence electrons. The van der Waals surface area contributed by atoms with E-state index in [4.69, 9.17) is 21.4 Å². The molecule has 0 unspecified atom stereocenters. The lowest BCUT2D eigenvalue weighted by Crippen LogP contribution is -2.42. The third-order valence-electron chi connectivity index (χ3n) is 2.24. The number of aliphatic carboxylic acids is 1. The van der Waals surface area contributed by atoms with Crippen molar-refractivity contribution in [2.24, 2.45) is 0 Å². The fourth-order valence-corrected chi connectivity index (χ4v) is 1.47. The Labute approximate surface area is 110 Å². The molecule has 1 aromatic rings. The topological polar surface area (TPSA) is 75.6 Å². The third kappa shape index (κ3) is 4.25. The molecule has 0 fully saturated rings. The third-order valence-corrected chi connectivity index (χ3v) is 2.55. The highest BCUT2D eigenvalue weighted by atomic mass is 35.5. The van der Waals surface area contributed by atoms with Gasteiger partial charge in [-0.3, -0.25) is 4.79 Å². The number of carboxylic acid groups (broad SMARTS) is 1. The summed E-state index contributed by atoms with van der Waals surface area (Å²) in [7, 11) is 0. The van der Waals surface area contributed by atoms with Crippen molar-refractivity contribution in [1.82, 2.24) is 5.32 Å². The molecular formula is C12H14ClNO4. The Morgan fingerprint density at radius 2 is 2.11 bits per heavy atom. The Kier molecular flexibility index (Phi) is 5.45. The number of nitrogens with one attached hydrogen (secondary N) is 1. The minimum atomic E-state index is -1.07. The van der Waals surface area contributed by atoms with Crippen molar-refractivity contribution < 1.29 is 19.4 Å². The van der Waals surface area contributed by atoms with Gasteiger partial charge in [-0.2, -0.15) is 0 Å². The van der Waals surface area contributed by atoms with Crippen LogP contribution < -0.4 is 10.1 Å². The molecule has 5 nitrogen and oxygen atoms in total. The summed E-state index contributed by atoms with van der Waals surface area (Å²) in [5.74, 6) is -1.18. The number of benzene rings is 1. The molecule has 1 atom stereocenters. The summed E-state index contributed by atoms with van der Waals surface area (Å²) in [4.78, 5) is 22.2. The van der Waals surface area contributed by atoms with Gasteiger partial charge in [0.25, 0.3) is 5.91 Å². The number of carbonyl (C=O) groups is 2. The number of ether oxygens (including phenoxy) is 1. The van der Waals surface area contributed by atoms with Crippen molar-refractivity contribution in [1.29, 1.82) is 0 Å². The molecule has 0 aliphatic carbocycles. The van der Waals surface area contributed by atoms with Gasteiger partial charge in [0, 0.05) is 0 Å². The molecule has 1 aromatic carbocycles. The highest BCUT2D eigenvalue weighted by molar-refractivity contribution is 6.32. The van der Waals surface area contributed by atoms with Crippen molar-refractivity contribution in [3.63, 3.8) is 0 Å². The van der Waals surface area contributed by atoms with Crippen LogP contribution >= 0.6 is 11.6 Å². The van der Waals surface area contributed by atoms with Crippen molar-refractivity contribution in [2.45, 2.75) is 19.4 Å². The highest BCUT2D eigenvalue weighted by Gasteiger charge is 2.17. The first kappa shape index (κ1) is 14.3. The number of hydrogen-bond acceptors (Lipinski definition) is 3. The molecule has 0 radical (unpaired) electrons. The first-order valence-corrected chi connectivity index (χ1v) is 5.82. The van der Waals surface area contributed by atoms with E-state index in [9.17, 15) is 9.59 Å². The van der Waals surface area contributed by atoms with Crippen LogP contribution in [0, 0.1) is 0 Å². The molecule has 6 heteroatoms. The Morgan fingerprint density at radius 3 is 2.67 bits per heavy atom. The minimum Gasteiger partial charge on any atom is -0.482 e. The zero-order chi connectivity index (χ0) is 13.5. The van der Waals surface area contributed by atoms with E-state index in [2.05, 4.69) is 5.32 Å². The molecule has 0 bridgehead atoms. The van der Waals surface area contributed by atoms with Crippen LogP contribution in [0.15, 0.2) is 24.3 Å². The van der Waals surface area contributed by atoms with Gasteiger partial charge in [0.05, 0.1) is 5.02 Å². The second-order valence-electron chi connectivity index (χ2n) is 3.59. The molecule has 1 amide bonds. The van der Waals surface area contributed by atoms with E-state index in [1.807, 2.05) is 0 Å². The van der Waals surface area contributed by atoms with Gasteiger partial charge >= 0.3 is 5.97 Å². The largest absolute Gasteiger partial charge is 0.482 e. The summed E-state index contributed by atoms with van der Waals surface area (Å²) >= 11 is 5.84. The van der Waals surface area contributed by atoms with Gasteiger partial charge in [-0.25, -0.2) is 4.79 Å². The maximum absolute atomic E-state index is 11.5. The van der Waals surface area contributed by atoms with Gasteiger partial charge in [-0.1, -0.05) is 30.7 Å². The maximum atomic E-state index is 11.5. The molecule has 0 aliphatic rings. The summed E-state index contributed by atoms with van der Waals surface area (Å²) in [5.41, 5.74) is 0. The van der Waals surface area contributed by atoms with E-state index in [-0.39, 0.29) is 6.61 Å². The predicted molar refractivity (Wildman–Crippen MR) is 66.8 cm³/mol. The summed E-state index contributed by atoms with van der Waals surface area (Å²) in [6.45, 7) is 1.40. The standard InChI is InChI=1S/C12H14ClNO4/c1-2-9(12(16)17)14-11(15)7-18-10-6-4-3-5-8(10)13/h3-6,9H,2,7H2,1H3,(H,14,15)(H,16,17)/t9-/m1/s1. The van der Waals surface area contributed by atoms with Gasteiger partial charge < -0.3 is 15.2 Å². The maximum Gasteiger partial charge on any atom is 0.326 e. The van der Waals surface area contributed by atoms with E-state index < -0.39 is 17.9 Å². The van der Waals surface area contributed by atoms with Gasteiger partial charge in [-0.15, -0.1) is 0 Å². The lowest BCUT2D eigenvalue weighted by molar-refractivity contribution is -0.142. The molecule has 0 aliphatic heterocycles. The molecule has 0 saturated carbocycles. The molecule has 0 spiro atoms. The molecular weight excluding hydrogens is 258 g/mol. The van der Waals surface area contributed by atoms with Crippen molar-refractivity contribution in [3.8, 4) is 5.75 Å². The van der Waals surface area contributed by atoms with Crippen molar-refractivity contribution in [3.05, 3.63) is 29.3 Å². The molecule has 18 heavy (non-hydrogen) atoms. The monoisotopic (exact) mass is 271 g/mol. The van der Waals surface area contributed by atoms with Gasteiger partial charge in [0.1, 0.15) is 11.8 Å². The summed E-state index contributed by atoms with van der Waals surface area (Å²) in [6.07, 6.45) is 0.313. The summed E-state index contributed by atoms with van der Waals surface area (Å²) < 4.78 is 5.19. The number of carbonyl (C=O) groups excluding carboxylic acids is 1. The fourth-order valence-electron chi connectivity index (χ4n) is 1.28.